The fourth-order valence-electron chi connectivity index (χ4n) is 1.56. The van der Waals surface area contributed by atoms with Crippen molar-refractivity contribution < 1.29 is 0 Å². The fourth-order valence-corrected chi connectivity index (χ4v) is 1.56. The largest absolute Gasteiger partial charge is 0.175 e. The van der Waals surface area contributed by atoms with Gasteiger partial charge in [0.1, 0.15) is 20.6 Å². The van der Waals surface area contributed by atoms with E-state index in [1.54, 1.807) is 0 Å². The number of unbranched alkanes of at least 4 members (excludes halogenated alkanes) is 7. The quantitative estimate of drug-likeness (QED) is 0.383. The Hall–Kier alpha value is -0.0400. The smallest absolute Gasteiger partial charge is 0.122 e. The van der Waals surface area contributed by atoms with E-state index in [-0.39, 0.29) is 0 Å². The zero-order valence-electron chi connectivity index (χ0n) is 9.81. The van der Waals surface area contributed by atoms with Crippen LogP contribution >= 0.6 is 0 Å². The third-order valence-corrected chi connectivity index (χ3v) is 2.46. The molecule has 0 aliphatic carbocycles. The molecule has 0 bridgehead atoms. The molecule has 0 aromatic carbocycles. The normalized spacial score (nSPS) is 11.1. The van der Waals surface area contributed by atoms with Crippen molar-refractivity contribution in [1.82, 2.24) is 4.90 Å². The third-order valence-electron chi connectivity index (χ3n) is 2.46. The van der Waals surface area contributed by atoms with Crippen molar-refractivity contribution in [2.75, 3.05) is 20.6 Å². The first-order valence-electron chi connectivity index (χ1n) is 5.92. The Bertz CT molecular complexity index is 89.1. The summed E-state index contributed by atoms with van der Waals surface area (Å²) >= 11 is 0. The second-order valence-electron chi connectivity index (χ2n) is 4.28. The van der Waals surface area contributed by atoms with Gasteiger partial charge in [0.15, 0.2) is 0 Å². The van der Waals surface area contributed by atoms with Crippen molar-refractivity contribution in [2.24, 2.45) is 0 Å². The second-order valence-corrected chi connectivity index (χ2v) is 4.28. The van der Waals surface area contributed by atoms with Gasteiger partial charge >= 0.3 is 0 Å². The first-order valence-corrected chi connectivity index (χ1v) is 5.92. The van der Waals surface area contributed by atoms with Gasteiger partial charge in [0.25, 0.3) is 0 Å². The van der Waals surface area contributed by atoms with E-state index in [1.807, 2.05) is 0 Å². The Morgan fingerprint density at radius 2 is 1.15 bits per heavy atom. The van der Waals surface area contributed by atoms with Gasteiger partial charge in [-0.1, -0.05) is 45.4 Å². The molecule has 1 heteroatoms. The van der Waals surface area contributed by atoms with Crippen molar-refractivity contribution in [1.29, 1.82) is 0 Å². The summed E-state index contributed by atoms with van der Waals surface area (Å²) in [6, 6.07) is 0. The zero-order valence-corrected chi connectivity index (χ0v) is 9.81. The highest BCUT2D eigenvalue weighted by Gasteiger charge is 1.97. The van der Waals surface area contributed by atoms with Gasteiger partial charge in [0.05, 0.1) is 0 Å². The molecule has 0 aromatic heterocycles. The van der Waals surface area contributed by atoms with Crippen LogP contribution in [0.4, 0.5) is 0 Å². The molecule has 0 unspecified atom stereocenters. The van der Waals surface area contributed by atoms with Gasteiger partial charge in [0, 0.05) is 6.42 Å². The number of hydrogen-bond acceptors (Lipinski definition) is 1. The molecule has 0 rings (SSSR count). The standard InChI is InChI=1S/C12H27N/c1-4-5-6-7-8-9-10-11-12-13(2)3/h4-12H2,1-3H3/q+1. The van der Waals surface area contributed by atoms with E-state index in [0.717, 1.165) is 0 Å². The van der Waals surface area contributed by atoms with Crippen LogP contribution in [0.3, 0.4) is 0 Å². The Kier molecular flexibility index (Phi) is 10.0. The summed E-state index contributed by atoms with van der Waals surface area (Å²) in [5.74, 6) is 0. The summed E-state index contributed by atoms with van der Waals surface area (Å²) in [6.45, 7) is 3.53. The molecular weight excluding hydrogens is 158 g/mol. The molecule has 13 heavy (non-hydrogen) atoms. The molecule has 0 spiro atoms. The van der Waals surface area contributed by atoms with E-state index in [4.69, 9.17) is 0 Å². The molecule has 0 amide bonds. The van der Waals surface area contributed by atoms with E-state index in [1.165, 1.54) is 57.9 Å². The second kappa shape index (κ2) is 10.0. The van der Waals surface area contributed by atoms with Crippen LogP contribution in [0, 0.1) is 0 Å². The number of nitrogens with zero attached hydrogens (tertiary/aromatic N) is 1. The van der Waals surface area contributed by atoms with E-state index < -0.39 is 0 Å². The highest BCUT2D eigenvalue weighted by Crippen LogP contribution is 2.07. The van der Waals surface area contributed by atoms with Gasteiger partial charge in [-0.25, -0.2) is 0 Å². The summed E-state index contributed by atoms with van der Waals surface area (Å²) in [5, 5.41) is 0. The van der Waals surface area contributed by atoms with Crippen LogP contribution in [-0.4, -0.2) is 20.6 Å². The van der Waals surface area contributed by atoms with Crippen LogP contribution in [-0.2, 0) is 0 Å². The predicted molar refractivity (Wildman–Crippen MR) is 61.5 cm³/mol. The summed E-state index contributed by atoms with van der Waals surface area (Å²) in [4.78, 5) is 2.27. The Labute approximate surface area is 84.5 Å². The molecule has 0 saturated carbocycles. The van der Waals surface area contributed by atoms with Gasteiger partial charge in [-0.05, 0) is 6.42 Å². The summed E-state index contributed by atoms with van der Waals surface area (Å²) in [6.07, 6.45) is 11.4. The minimum Gasteiger partial charge on any atom is -0.175 e. The van der Waals surface area contributed by atoms with E-state index in [9.17, 15) is 0 Å². The molecule has 1 nitrogen and oxygen atoms in total. The molecule has 0 heterocycles. The van der Waals surface area contributed by atoms with Crippen LogP contribution in [0.1, 0.15) is 58.3 Å². The SMILES string of the molecule is CCCCCCCCCC[N+](C)C. The minimum atomic E-state index is 1.26. The Morgan fingerprint density at radius 1 is 0.692 bits per heavy atom. The monoisotopic (exact) mass is 185 g/mol. The van der Waals surface area contributed by atoms with Crippen LogP contribution in [0.2, 0.25) is 0 Å². The summed E-state index contributed by atoms with van der Waals surface area (Å²) in [5.41, 5.74) is 0. The molecule has 1 radical (unpaired) electrons. The Morgan fingerprint density at radius 3 is 1.62 bits per heavy atom. The lowest BCUT2D eigenvalue weighted by molar-refractivity contribution is 0.504. The highest BCUT2D eigenvalue weighted by molar-refractivity contribution is 4.50. The summed E-state index contributed by atoms with van der Waals surface area (Å²) in [7, 11) is 4.31. The topological polar surface area (TPSA) is 5.90 Å². The van der Waals surface area contributed by atoms with E-state index in [2.05, 4.69) is 25.9 Å². The number of rotatable bonds is 9. The third kappa shape index (κ3) is 12.0. The highest BCUT2D eigenvalue weighted by atomic mass is 15.0. The molecule has 0 aromatic rings. The average Bonchev–Trinajstić information content (AvgIpc) is 2.09. The molecule has 0 saturated heterocycles. The molecule has 0 atom stereocenters. The van der Waals surface area contributed by atoms with E-state index in [0.29, 0.717) is 0 Å². The van der Waals surface area contributed by atoms with Crippen LogP contribution in [0.25, 0.3) is 0 Å². The van der Waals surface area contributed by atoms with Crippen molar-refractivity contribution in [3.05, 3.63) is 0 Å². The predicted octanol–water partition coefficient (Wildman–Crippen LogP) is 3.53. The maximum atomic E-state index is 2.27. The first-order chi connectivity index (χ1) is 6.27. The molecule has 0 N–H and O–H groups in total. The molecule has 79 valence electrons. The van der Waals surface area contributed by atoms with Crippen molar-refractivity contribution >= 4 is 0 Å². The van der Waals surface area contributed by atoms with Gasteiger partial charge in [-0.2, -0.15) is 4.90 Å². The molecular formula is C12H27N+. The van der Waals surface area contributed by atoms with Gasteiger partial charge in [-0.3, -0.25) is 0 Å². The van der Waals surface area contributed by atoms with Crippen molar-refractivity contribution in [2.45, 2.75) is 58.3 Å². The van der Waals surface area contributed by atoms with Crippen LogP contribution < -0.4 is 4.90 Å². The molecule has 0 aliphatic rings. The van der Waals surface area contributed by atoms with Gasteiger partial charge in [-0.15, -0.1) is 0 Å². The lowest BCUT2D eigenvalue weighted by atomic mass is 10.1. The fraction of sp³-hybridized carbons (Fsp3) is 1.00. The lowest BCUT2D eigenvalue weighted by Crippen LogP contribution is -2.19. The van der Waals surface area contributed by atoms with Crippen LogP contribution in [0.5, 0.6) is 0 Å². The van der Waals surface area contributed by atoms with Gasteiger partial charge in [0.2, 0.25) is 0 Å². The maximum Gasteiger partial charge on any atom is 0.122 e. The molecule has 0 fully saturated rings. The zero-order chi connectivity index (χ0) is 9.94. The summed E-state index contributed by atoms with van der Waals surface area (Å²) < 4.78 is 0. The van der Waals surface area contributed by atoms with Gasteiger partial charge < -0.3 is 0 Å². The van der Waals surface area contributed by atoms with E-state index >= 15 is 0 Å². The Balaban J connectivity index is 2.84. The van der Waals surface area contributed by atoms with Crippen molar-refractivity contribution in [3.63, 3.8) is 0 Å². The molecule has 0 aliphatic heterocycles. The number of hydrogen-bond donors (Lipinski definition) is 0. The van der Waals surface area contributed by atoms with Crippen molar-refractivity contribution in [3.8, 4) is 0 Å². The average molecular weight is 185 g/mol. The maximum absolute atomic E-state index is 2.27. The first kappa shape index (κ1) is 13.0. The van der Waals surface area contributed by atoms with Crippen LogP contribution in [0.15, 0.2) is 0 Å². The minimum absolute atomic E-state index is 1.26. The lowest BCUT2D eigenvalue weighted by Gasteiger charge is -2.01.